The molecule has 5 rings (SSSR count). The van der Waals surface area contributed by atoms with Crippen molar-refractivity contribution in [3.63, 3.8) is 0 Å². The number of carbonyl (C=O) groups is 3. The molecule has 186 valence electrons. The molecule has 1 heterocycles. The van der Waals surface area contributed by atoms with Gasteiger partial charge in [-0.05, 0) is 61.1 Å². The maximum atomic E-state index is 13.3. The average molecular weight is 550 g/mol. The van der Waals surface area contributed by atoms with Crippen LogP contribution in [0.15, 0.2) is 75.5 Å². The molecule has 3 aliphatic rings. The van der Waals surface area contributed by atoms with Crippen molar-refractivity contribution in [2.75, 3.05) is 6.54 Å². The number of ether oxygens (including phenoxy) is 1. The van der Waals surface area contributed by atoms with E-state index >= 15 is 0 Å². The van der Waals surface area contributed by atoms with Crippen molar-refractivity contribution in [2.45, 2.75) is 57.5 Å². The second kappa shape index (κ2) is 10.4. The number of ketones is 2. The molecular formula is C29H28BrNO5. The van der Waals surface area contributed by atoms with Crippen LogP contribution in [0.1, 0.15) is 62.0 Å². The van der Waals surface area contributed by atoms with Crippen molar-refractivity contribution in [1.29, 1.82) is 0 Å². The first-order valence-corrected chi connectivity index (χ1v) is 13.2. The molecule has 2 aliphatic carbocycles. The first-order chi connectivity index (χ1) is 17.4. The van der Waals surface area contributed by atoms with Crippen LogP contribution in [-0.2, 0) is 21.0 Å². The summed E-state index contributed by atoms with van der Waals surface area (Å²) in [6.07, 6.45) is 3.74. The standard InChI is InChI=1S/C29H28BrNO5/c30-20-12-10-18(11-13-20)17-36-21-5-1-4-19(16-21)27-28-22(6-2-8-24(28)32)31(15-14-26(34)35)23-7-3-9-25(33)29(23)27/h1,4-5,10-13,16,27H,2-3,6-9,14-15,17H2,(H,34,35). The van der Waals surface area contributed by atoms with Crippen LogP contribution in [0.5, 0.6) is 5.75 Å². The lowest BCUT2D eigenvalue weighted by molar-refractivity contribution is -0.137. The van der Waals surface area contributed by atoms with E-state index in [4.69, 9.17) is 4.74 Å². The highest BCUT2D eigenvalue weighted by Crippen LogP contribution is 2.49. The predicted molar refractivity (Wildman–Crippen MR) is 138 cm³/mol. The van der Waals surface area contributed by atoms with E-state index < -0.39 is 11.9 Å². The summed E-state index contributed by atoms with van der Waals surface area (Å²) in [5.74, 6) is -0.547. The molecule has 0 fully saturated rings. The summed E-state index contributed by atoms with van der Waals surface area (Å²) in [5, 5.41) is 9.34. The van der Waals surface area contributed by atoms with E-state index in [0.29, 0.717) is 49.2 Å². The van der Waals surface area contributed by atoms with Crippen molar-refractivity contribution in [2.24, 2.45) is 0 Å². The fourth-order valence-corrected chi connectivity index (χ4v) is 5.82. The van der Waals surface area contributed by atoms with E-state index in [1.54, 1.807) is 0 Å². The van der Waals surface area contributed by atoms with Crippen molar-refractivity contribution in [1.82, 2.24) is 4.90 Å². The Kier molecular flexibility index (Phi) is 7.10. The number of nitrogens with zero attached hydrogens (tertiary/aromatic N) is 1. The third kappa shape index (κ3) is 4.89. The summed E-state index contributed by atoms with van der Waals surface area (Å²) in [5.41, 5.74) is 5.01. The molecule has 0 radical (unpaired) electrons. The van der Waals surface area contributed by atoms with Crippen LogP contribution in [0, 0.1) is 0 Å². The van der Waals surface area contributed by atoms with Crippen molar-refractivity contribution in [3.8, 4) is 5.75 Å². The van der Waals surface area contributed by atoms with Gasteiger partial charge in [0.25, 0.3) is 0 Å². The maximum Gasteiger partial charge on any atom is 0.305 e. The molecule has 0 saturated heterocycles. The Morgan fingerprint density at radius 3 is 2.19 bits per heavy atom. The van der Waals surface area contributed by atoms with E-state index in [0.717, 1.165) is 39.8 Å². The molecule has 6 nitrogen and oxygen atoms in total. The summed E-state index contributed by atoms with van der Waals surface area (Å²) in [6.45, 7) is 0.681. The van der Waals surface area contributed by atoms with Crippen LogP contribution in [0.25, 0.3) is 0 Å². The van der Waals surface area contributed by atoms with Gasteiger partial charge in [-0.2, -0.15) is 0 Å². The number of benzene rings is 2. The van der Waals surface area contributed by atoms with Crippen LogP contribution in [-0.4, -0.2) is 34.1 Å². The molecule has 0 spiro atoms. The topological polar surface area (TPSA) is 83.9 Å². The minimum Gasteiger partial charge on any atom is -0.489 e. The van der Waals surface area contributed by atoms with Crippen LogP contribution < -0.4 is 4.74 Å². The highest BCUT2D eigenvalue weighted by Gasteiger charge is 2.43. The second-order valence-corrected chi connectivity index (χ2v) is 10.4. The zero-order chi connectivity index (χ0) is 25.2. The van der Waals surface area contributed by atoms with Gasteiger partial charge in [-0.15, -0.1) is 0 Å². The Labute approximate surface area is 218 Å². The molecular weight excluding hydrogens is 522 g/mol. The molecule has 0 bridgehead atoms. The van der Waals surface area contributed by atoms with Crippen molar-refractivity contribution in [3.05, 3.63) is 86.7 Å². The number of hydrogen-bond donors (Lipinski definition) is 1. The lowest BCUT2D eigenvalue weighted by Gasteiger charge is -2.44. The minimum atomic E-state index is -0.888. The van der Waals surface area contributed by atoms with Gasteiger partial charge in [0.2, 0.25) is 0 Å². The Morgan fingerprint density at radius 2 is 1.58 bits per heavy atom. The smallest absolute Gasteiger partial charge is 0.305 e. The number of carbonyl (C=O) groups excluding carboxylic acids is 2. The monoisotopic (exact) mass is 549 g/mol. The summed E-state index contributed by atoms with van der Waals surface area (Å²) in [6, 6.07) is 15.6. The van der Waals surface area contributed by atoms with Crippen LogP contribution >= 0.6 is 15.9 Å². The van der Waals surface area contributed by atoms with Gasteiger partial charge in [-0.3, -0.25) is 14.4 Å². The lowest BCUT2D eigenvalue weighted by atomic mass is 9.71. The van der Waals surface area contributed by atoms with E-state index in [-0.39, 0.29) is 24.5 Å². The van der Waals surface area contributed by atoms with Gasteiger partial charge >= 0.3 is 5.97 Å². The minimum absolute atomic E-state index is 0.0417. The summed E-state index contributed by atoms with van der Waals surface area (Å²) in [7, 11) is 0. The van der Waals surface area contributed by atoms with Crippen molar-refractivity contribution < 1.29 is 24.2 Å². The van der Waals surface area contributed by atoms with Gasteiger partial charge in [-0.1, -0.05) is 40.2 Å². The molecule has 0 aromatic heterocycles. The van der Waals surface area contributed by atoms with Gasteiger partial charge in [0, 0.05) is 52.3 Å². The lowest BCUT2D eigenvalue weighted by Crippen LogP contribution is -2.39. The molecule has 2 aromatic rings. The first-order valence-electron chi connectivity index (χ1n) is 12.4. The molecule has 0 amide bonds. The second-order valence-electron chi connectivity index (χ2n) is 9.49. The Bertz CT molecular complexity index is 1230. The predicted octanol–water partition coefficient (Wildman–Crippen LogP) is 5.92. The number of carboxylic acid groups (broad SMARTS) is 1. The summed E-state index contributed by atoms with van der Waals surface area (Å²) >= 11 is 3.44. The first kappa shape index (κ1) is 24.5. The highest BCUT2D eigenvalue weighted by molar-refractivity contribution is 9.10. The normalized spacial score (nSPS) is 18.3. The van der Waals surface area contributed by atoms with Gasteiger partial charge in [0.05, 0.1) is 6.42 Å². The zero-order valence-electron chi connectivity index (χ0n) is 20.0. The van der Waals surface area contributed by atoms with Crippen molar-refractivity contribution >= 4 is 33.5 Å². The van der Waals surface area contributed by atoms with Gasteiger partial charge < -0.3 is 14.7 Å². The maximum absolute atomic E-state index is 13.3. The number of rotatable bonds is 7. The highest BCUT2D eigenvalue weighted by atomic mass is 79.9. The molecule has 0 atom stereocenters. The molecule has 1 N–H and O–H groups in total. The molecule has 2 aromatic carbocycles. The number of carboxylic acids is 1. The van der Waals surface area contributed by atoms with Gasteiger partial charge in [0.1, 0.15) is 12.4 Å². The molecule has 0 unspecified atom stereocenters. The molecule has 0 saturated carbocycles. The quantitative estimate of drug-likeness (QED) is 0.461. The van der Waals surface area contributed by atoms with E-state index in [1.807, 2.05) is 53.4 Å². The average Bonchev–Trinajstić information content (AvgIpc) is 2.87. The number of halogens is 1. The van der Waals surface area contributed by atoms with Gasteiger partial charge in [0.15, 0.2) is 11.6 Å². The van der Waals surface area contributed by atoms with E-state index in [2.05, 4.69) is 15.9 Å². The van der Waals surface area contributed by atoms with Crippen LogP contribution in [0.4, 0.5) is 0 Å². The van der Waals surface area contributed by atoms with Crippen LogP contribution in [0.3, 0.4) is 0 Å². The fourth-order valence-electron chi connectivity index (χ4n) is 5.56. The molecule has 7 heteroatoms. The Hall–Kier alpha value is -3.19. The zero-order valence-corrected chi connectivity index (χ0v) is 21.6. The van der Waals surface area contributed by atoms with E-state index in [9.17, 15) is 19.5 Å². The fraction of sp³-hybridized carbons (Fsp3) is 0.345. The van der Waals surface area contributed by atoms with Gasteiger partial charge in [-0.25, -0.2) is 0 Å². The van der Waals surface area contributed by atoms with Crippen LogP contribution in [0.2, 0.25) is 0 Å². The third-order valence-electron chi connectivity index (χ3n) is 7.15. The number of Topliss-reactive ketones (excluding diaryl/α,β-unsaturated/α-hetero) is 2. The van der Waals surface area contributed by atoms with E-state index in [1.165, 1.54) is 0 Å². The molecule has 36 heavy (non-hydrogen) atoms. The number of hydrogen-bond acceptors (Lipinski definition) is 5. The molecule has 1 aliphatic heterocycles. The summed E-state index contributed by atoms with van der Waals surface area (Å²) < 4.78 is 7.09. The summed E-state index contributed by atoms with van der Waals surface area (Å²) in [4.78, 5) is 40.0. The largest absolute Gasteiger partial charge is 0.489 e. The Balaban J connectivity index is 1.54. The SMILES string of the molecule is O=C(O)CCN1C2=C(C(=O)CCC2)C(c2cccc(OCc3ccc(Br)cc3)c2)C2=C1CCCC2=O. The Morgan fingerprint density at radius 1 is 0.944 bits per heavy atom. The third-order valence-corrected chi connectivity index (χ3v) is 7.67. The number of allylic oxidation sites excluding steroid dienone is 4. The number of aliphatic carboxylic acids is 1.